The van der Waals surface area contributed by atoms with Gasteiger partial charge in [0.05, 0.1) is 11.2 Å². The molecule has 38 heavy (non-hydrogen) atoms. The van der Waals surface area contributed by atoms with Gasteiger partial charge in [-0.15, -0.1) is 0 Å². The van der Waals surface area contributed by atoms with Crippen LogP contribution < -0.4 is 4.72 Å². The largest absolute Gasteiger partial charge is 0.369 e. The van der Waals surface area contributed by atoms with Gasteiger partial charge < -0.3 is 4.90 Å². The zero-order valence-electron chi connectivity index (χ0n) is 21.6. The smallest absolute Gasteiger partial charge is 0.264 e. The number of halogens is 1. The fourth-order valence-corrected chi connectivity index (χ4v) is 6.14. The van der Waals surface area contributed by atoms with Gasteiger partial charge in [0.1, 0.15) is 10.7 Å². The molecule has 0 unspecified atom stereocenters. The number of piperazine rings is 1. The molecule has 3 aromatic carbocycles. The third kappa shape index (κ3) is 5.42. The maximum Gasteiger partial charge on any atom is 0.264 e. The molecule has 4 aromatic rings. The van der Waals surface area contributed by atoms with Crippen LogP contribution in [0.5, 0.6) is 0 Å². The normalized spacial score (nSPS) is 14.6. The molecule has 6 nitrogen and oxygen atoms in total. The third-order valence-electron chi connectivity index (χ3n) is 7.05. The van der Waals surface area contributed by atoms with Crippen molar-refractivity contribution in [3.05, 3.63) is 108 Å². The van der Waals surface area contributed by atoms with E-state index in [1.165, 1.54) is 0 Å². The fraction of sp³-hybridized carbons (Fsp3) is 0.233. The highest BCUT2D eigenvalue weighted by Crippen LogP contribution is 2.28. The van der Waals surface area contributed by atoms with E-state index in [1.807, 2.05) is 50.2 Å². The van der Waals surface area contributed by atoms with Crippen molar-refractivity contribution in [3.8, 4) is 0 Å². The minimum Gasteiger partial charge on any atom is -0.369 e. The maximum absolute atomic E-state index is 14.3. The number of para-hydroxylation sites is 1. The van der Waals surface area contributed by atoms with Gasteiger partial charge in [-0.25, -0.2) is 12.8 Å². The van der Waals surface area contributed by atoms with Gasteiger partial charge in [-0.2, -0.15) is 0 Å². The summed E-state index contributed by atoms with van der Waals surface area (Å²) < 4.78 is 43.5. The molecule has 0 spiro atoms. The van der Waals surface area contributed by atoms with Gasteiger partial charge in [0, 0.05) is 55.6 Å². The Labute approximate surface area is 223 Å². The molecular formula is C30H31FN4O2S. The summed E-state index contributed by atoms with van der Waals surface area (Å²) >= 11 is 0. The Kier molecular flexibility index (Phi) is 7.19. The molecule has 1 saturated heterocycles. The molecule has 1 aromatic heterocycles. The van der Waals surface area contributed by atoms with Gasteiger partial charge >= 0.3 is 0 Å². The van der Waals surface area contributed by atoms with Gasteiger partial charge in [-0.3, -0.25) is 14.6 Å². The second-order valence-corrected chi connectivity index (χ2v) is 11.4. The predicted molar refractivity (Wildman–Crippen MR) is 151 cm³/mol. The van der Waals surface area contributed by atoms with Crippen LogP contribution in [0.15, 0.2) is 84.4 Å². The number of nitrogens with zero attached hydrogens (tertiary/aromatic N) is 3. The summed E-state index contributed by atoms with van der Waals surface area (Å²) in [6.07, 6.45) is 1.59. The molecule has 2 heterocycles. The number of aryl methyl sites for hydroxylation is 2. The Morgan fingerprint density at radius 2 is 1.76 bits per heavy atom. The van der Waals surface area contributed by atoms with Crippen LogP contribution in [0.3, 0.4) is 0 Å². The first-order valence-electron chi connectivity index (χ1n) is 12.6. The summed E-state index contributed by atoms with van der Waals surface area (Å²) in [5.74, 6) is -0.153. The number of rotatable bonds is 7. The van der Waals surface area contributed by atoms with Gasteiger partial charge in [0.15, 0.2) is 0 Å². The first kappa shape index (κ1) is 25.9. The minimum atomic E-state index is -3.83. The summed E-state index contributed by atoms with van der Waals surface area (Å²) in [7, 11) is -3.83. The summed E-state index contributed by atoms with van der Waals surface area (Å²) in [6.45, 7) is 11.9. The molecule has 1 fully saturated rings. The Morgan fingerprint density at radius 1 is 1.00 bits per heavy atom. The number of hydrogen-bond donors (Lipinski definition) is 1. The van der Waals surface area contributed by atoms with Gasteiger partial charge in [0.2, 0.25) is 0 Å². The average Bonchev–Trinajstić information content (AvgIpc) is 2.91. The summed E-state index contributed by atoms with van der Waals surface area (Å²) in [5.41, 5.74) is 5.22. The van der Waals surface area contributed by atoms with Crippen molar-refractivity contribution in [1.82, 2.24) is 14.8 Å². The third-order valence-corrected chi connectivity index (χ3v) is 8.44. The van der Waals surface area contributed by atoms with Crippen LogP contribution in [0.25, 0.3) is 16.6 Å². The van der Waals surface area contributed by atoms with Crippen LogP contribution in [0.1, 0.15) is 22.3 Å². The summed E-state index contributed by atoms with van der Waals surface area (Å²) in [5, 5.41) is 0.767. The van der Waals surface area contributed by atoms with Gasteiger partial charge in [0.25, 0.3) is 10.0 Å². The zero-order chi connectivity index (χ0) is 26.9. The van der Waals surface area contributed by atoms with Crippen molar-refractivity contribution >= 4 is 32.3 Å². The highest BCUT2D eigenvalue weighted by Gasteiger charge is 2.22. The number of benzene rings is 3. The Balaban J connectivity index is 1.25. The highest BCUT2D eigenvalue weighted by atomic mass is 32.2. The quantitative estimate of drug-likeness (QED) is 0.338. The van der Waals surface area contributed by atoms with Gasteiger partial charge in [-0.1, -0.05) is 43.0 Å². The standard InChI is InChI=1S/C30H31FN4O2S/c1-21-9-10-26(27(31)18-21)20-34-14-16-35(17-15-34)23(3)25-11-12-28(22(2)19-25)33-38(36,37)29-8-4-6-24-7-5-13-32-30(24)29/h4-13,18-19,33H,3,14-17,20H2,1-2H3. The van der Waals surface area contributed by atoms with E-state index in [2.05, 4.69) is 26.1 Å². The Bertz CT molecular complexity index is 1610. The lowest BCUT2D eigenvalue weighted by Gasteiger charge is -2.37. The van der Waals surface area contributed by atoms with Crippen LogP contribution in [-0.2, 0) is 16.6 Å². The highest BCUT2D eigenvalue weighted by molar-refractivity contribution is 7.93. The van der Waals surface area contributed by atoms with Crippen molar-refractivity contribution in [2.75, 3.05) is 30.9 Å². The molecular weight excluding hydrogens is 499 g/mol. The molecule has 0 bridgehead atoms. The lowest BCUT2D eigenvalue weighted by Crippen LogP contribution is -2.44. The van der Waals surface area contributed by atoms with E-state index in [-0.39, 0.29) is 10.7 Å². The van der Waals surface area contributed by atoms with Gasteiger partial charge in [-0.05, 0) is 60.9 Å². The van der Waals surface area contributed by atoms with E-state index in [4.69, 9.17) is 0 Å². The number of fused-ring (bicyclic) bond motifs is 1. The Morgan fingerprint density at radius 3 is 2.50 bits per heavy atom. The molecule has 0 amide bonds. The zero-order valence-corrected chi connectivity index (χ0v) is 22.4. The number of sulfonamides is 1. The molecule has 196 valence electrons. The van der Waals surface area contributed by atoms with Crippen molar-refractivity contribution in [1.29, 1.82) is 0 Å². The number of aromatic nitrogens is 1. The van der Waals surface area contributed by atoms with Crippen LogP contribution in [0.4, 0.5) is 10.1 Å². The minimum absolute atomic E-state index is 0.145. The molecule has 0 saturated carbocycles. The second kappa shape index (κ2) is 10.6. The van der Waals surface area contributed by atoms with Crippen LogP contribution in [0.2, 0.25) is 0 Å². The van der Waals surface area contributed by atoms with E-state index < -0.39 is 10.0 Å². The molecule has 0 aliphatic carbocycles. The van der Waals surface area contributed by atoms with Crippen molar-refractivity contribution in [2.24, 2.45) is 0 Å². The van der Waals surface area contributed by atoms with Crippen LogP contribution in [-0.4, -0.2) is 49.4 Å². The van der Waals surface area contributed by atoms with E-state index in [0.29, 0.717) is 17.7 Å². The summed E-state index contributed by atoms with van der Waals surface area (Å²) in [6, 6.07) is 19.8. The number of pyridine rings is 1. The number of anilines is 1. The van der Waals surface area contributed by atoms with E-state index in [9.17, 15) is 12.8 Å². The predicted octanol–water partition coefficient (Wildman–Crippen LogP) is 5.58. The number of hydrogen-bond acceptors (Lipinski definition) is 5. The van der Waals surface area contributed by atoms with Crippen molar-refractivity contribution in [2.45, 2.75) is 25.3 Å². The lowest BCUT2D eigenvalue weighted by molar-refractivity contribution is 0.168. The molecule has 5 rings (SSSR count). The van der Waals surface area contributed by atoms with E-state index >= 15 is 0 Å². The molecule has 1 aliphatic rings. The molecule has 8 heteroatoms. The fourth-order valence-electron chi connectivity index (χ4n) is 4.83. The monoisotopic (exact) mass is 530 g/mol. The first-order chi connectivity index (χ1) is 18.2. The van der Waals surface area contributed by atoms with Crippen LogP contribution in [0, 0.1) is 19.7 Å². The average molecular weight is 531 g/mol. The Hall–Kier alpha value is -3.75. The molecule has 0 atom stereocenters. The maximum atomic E-state index is 14.3. The molecule has 0 radical (unpaired) electrons. The first-order valence-corrected chi connectivity index (χ1v) is 14.1. The van der Waals surface area contributed by atoms with E-state index in [0.717, 1.165) is 59.5 Å². The lowest BCUT2D eigenvalue weighted by atomic mass is 10.1. The van der Waals surface area contributed by atoms with E-state index in [1.54, 1.807) is 36.5 Å². The van der Waals surface area contributed by atoms with Crippen molar-refractivity contribution < 1.29 is 12.8 Å². The SMILES string of the molecule is C=C(c1ccc(NS(=O)(=O)c2cccc3cccnc23)c(C)c1)N1CCN(Cc2ccc(C)cc2F)CC1. The van der Waals surface area contributed by atoms with Crippen LogP contribution >= 0.6 is 0 Å². The summed E-state index contributed by atoms with van der Waals surface area (Å²) in [4.78, 5) is 8.90. The second-order valence-electron chi connectivity index (χ2n) is 9.77. The number of nitrogens with one attached hydrogen (secondary N) is 1. The van der Waals surface area contributed by atoms with Crippen molar-refractivity contribution in [3.63, 3.8) is 0 Å². The topological polar surface area (TPSA) is 65.5 Å². The molecule has 1 aliphatic heterocycles. The molecule has 1 N–H and O–H groups in total.